The van der Waals surface area contributed by atoms with Crippen LogP contribution in [0.5, 0.6) is 11.5 Å². The molecule has 0 spiro atoms. The monoisotopic (exact) mass is 458 g/mol. The fourth-order valence-corrected chi connectivity index (χ4v) is 4.02. The molecule has 0 unspecified atom stereocenters. The number of rotatable bonds is 5. The molecule has 5 aromatic rings. The summed E-state index contributed by atoms with van der Waals surface area (Å²) in [4.78, 5) is 18.2. The minimum Gasteiger partial charge on any atom is -0.457 e. The summed E-state index contributed by atoms with van der Waals surface area (Å²) < 4.78 is 5.93. The highest BCUT2D eigenvalue weighted by Gasteiger charge is 2.15. The molecule has 4 heteroatoms. The van der Waals surface area contributed by atoms with Crippen LogP contribution in [-0.4, -0.2) is 10.9 Å². The first-order valence-electron chi connectivity index (χ1n) is 11.6. The molecule has 0 bridgehead atoms. The fraction of sp³-hybridized carbons (Fsp3) is 0.0968. The van der Waals surface area contributed by atoms with Crippen LogP contribution >= 0.6 is 0 Å². The molecular weight excluding hydrogens is 432 g/mol. The molecule has 0 aliphatic rings. The second-order valence-electron chi connectivity index (χ2n) is 8.84. The molecule has 1 amide bonds. The summed E-state index contributed by atoms with van der Waals surface area (Å²) in [6.07, 6.45) is 0. The number of benzene rings is 4. The molecular formula is C31H26N2O2. The second kappa shape index (κ2) is 9.43. The number of anilines is 1. The first-order chi connectivity index (χ1) is 16.9. The summed E-state index contributed by atoms with van der Waals surface area (Å²) in [5.74, 6) is 1.31. The lowest BCUT2D eigenvalue weighted by molar-refractivity contribution is 0.102. The second-order valence-corrected chi connectivity index (χ2v) is 8.84. The van der Waals surface area contributed by atoms with Crippen molar-refractivity contribution in [2.45, 2.75) is 20.8 Å². The zero-order valence-corrected chi connectivity index (χ0v) is 20.0. The van der Waals surface area contributed by atoms with Crippen LogP contribution in [0.3, 0.4) is 0 Å². The minimum atomic E-state index is -0.177. The number of carbonyl (C=O) groups is 1. The molecule has 0 radical (unpaired) electrons. The Labute approximate surface area is 205 Å². The van der Waals surface area contributed by atoms with E-state index in [9.17, 15) is 4.79 Å². The molecule has 1 aromatic heterocycles. The Balaban J connectivity index is 1.43. The van der Waals surface area contributed by atoms with Crippen LogP contribution in [0.2, 0.25) is 0 Å². The summed E-state index contributed by atoms with van der Waals surface area (Å²) in [5.41, 5.74) is 7.22. The predicted molar refractivity (Wildman–Crippen MR) is 142 cm³/mol. The van der Waals surface area contributed by atoms with E-state index >= 15 is 0 Å². The third kappa shape index (κ3) is 5.07. The number of aromatic nitrogens is 1. The molecule has 0 atom stereocenters. The van der Waals surface area contributed by atoms with Crippen LogP contribution in [0.25, 0.3) is 22.2 Å². The SMILES string of the molecule is Cc1ccc(-c2cc(C(=O)Nc3ccc(Oc4cccc(C)c4)cc3)c3cc(C)ccc3n2)cc1. The summed E-state index contributed by atoms with van der Waals surface area (Å²) in [5, 5.41) is 3.87. The van der Waals surface area contributed by atoms with E-state index in [4.69, 9.17) is 9.72 Å². The van der Waals surface area contributed by atoms with E-state index in [1.165, 1.54) is 5.56 Å². The Morgan fingerprint density at radius 3 is 2.17 bits per heavy atom. The van der Waals surface area contributed by atoms with Crippen molar-refractivity contribution in [2.24, 2.45) is 0 Å². The van der Waals surface area contributed by atoms with Crippen molar-refractivity contribution in [1.82, 2.24) is 4.98 Å². The van der Waals surface area contributed by atoms with Gasteiger partial charge in [0.2, 0.25) is 0 Å². The third-order valence-corrected chi connectivity index (χ3v) is 5.89. The minimum absolute atomic E-state index is 0.177. The average molecular weight is 459 g/mol. The average Bonchev–Trinajstić information content (AvgIpc) is 2.85. The van der Waals surface area contributed by atoms with Crippen molar-refractivity contribution in [3.63, 3.8) is 0 Å². The highest BCUT2D eigenvalue weighted by Crippen LogP contribution is 2.28. The summed E-state index contributed by atoms with van der Waals surface area (Å²) in [6.45, 7) is 6.10. The molecule has 4 nitrogen and oxygen atoms in total. The van der Waals surface area contributed by atoms with E-state index in [0.717, 1.165) is 39.0 Å². The van der Waals surface area contributed by atoms with Crippen LogP contribution in [0.15, 0.2) is 97.1 Å². The zero-order valence-electron chi connectivity index (χ0n) is 20.0. The van der Waals surface area contributed by atoms with Gasteiger partial charge in [0.05, 0.1) is 16.8 Å². The van der Waals surface area contributed by atoms with Gasteiger partial charge in [-0.05, 0) is 80.9 Å². The smallest absolute Gasteiger partial charge is 0.256 e. The van der Waals surface area contributed by atoms with Crippen molar-refractivity contribution in [3.8, 4) is 22.8 Å². The van der Waals surface area contributed by atoms with E-state index in [-0.39, 0.29) is 5.91 Å². The number of nitrogens with one attached hydrogen (secondary N) is 1. The number of aryl methyl sites for hydroxylation is 3. The Kier molecular flexibility index (Phi) is 6.02. The first kappa shape index (κ1) is 22.4. The van der Waals surface area contributed by atoms with Gasteiger partial charge in [-0.25, -0.2) is 4.98 Å². The van der Waals surface area contributed by atoms with Gasteiger partial charge >= 0.3 is 0 Å². The highest BCUT2D eigenvalue weighted by molar-refractivity contribution is 6.13. The van der Waals surface area contributed by atoms with Gasteiger partial charge in [0.15, 0.2) is 0 Å². The van der Waals surface area contributed by atoms with Gasteiger partial charge in [0.25, 0.3) is 5.91 Å². The lowest BCUT2D eigenvalue weighted by atomic mass is 10.0. The normalized spacial score (nSPS) is 10.8. The van der Waals surface area contributed by atoms with Gasteiger partial charge in [-0.1, -0.05) is 53.6 Å². The molecule has 0 aliphatic carbocycles. The fourth-order valence-electron chi connectivity index (χ4n) is 4.02. The molecule has 172 valence electrons. The number of amides is 1. The molecule has 35 heavy (non-hydrogen) atoms. The van der Waals surface area contributed by atoms with Gasteiger partial charge in [0.1, 0.15) is 11.5 Å². The maximum atomic E-state index is 13.4. The predicted octanol–water partition coefficient (Wildman–Crippen LogP) is 7.87. The van der Waals surface area contributed by atoms with Gasteiger partial charge in [0, 0.05) is 16.6 Å². The van der Waals surface area contributed by atoms with Crippen molar-refractivity contribution in [2.75, 3.05) is 5.32 Å². The molecule has 5 rings (SSSR count). The number of hydrogen-bond acceptors (Lipinski definition) is 3. The number of nitrogens with zero attached hydrogens (tertiary/aromatic N) is 1. The quantitative estimate of drug-likeness (QED) is 0.291. The Morgan fingerprint density at radius 2 is 1.43 bits per heavy atom. The van der Waals surface area contributed by atoms with Crippen LogP contribution in [-0.2, 0) is 0 Å². The topological polar surface area (TPSA) is 51.2 Å². The number of hydrogen-bond donors (Lipinski definition) is 1. The van der Waals surface area contributed by atoms with Gasteiger partial charge in [-0.2, -0.15) is 0 Å². The van der Waals surface area contributed by atoms with E-state index in [2.05, 4.69) is 24.4 Å². The van der Waals surface area contributed by atoms with Gasteiger partial charge in [-0.15, -0.1) is 0 Å². The summed E-state index contributed by atoms with van der Waals surface area (Å²) in [6, 6.07) is 31.3. The van der Waals surface area contributed by atoms with Crippen LogP contribution in [0, 0.1) is 20.8 Å². The van der Waals surface area contributed by atoms with Crippen molar-refractivity contribution < 1.29 is 9.53 Å². The largest absolute Gasteiger partial charge is 0.457 e. The van der Waals surface area contributed by atoms with Crippen LogP contribution < -0.4 is 10.1 Å². The van der Waals surface area contributed by atoms with E-state index in [1.807, 2.05) is 98.8 Å². The van der Waals surface area contributed by atoms with Gasteiger partial charge < -0.3 is 10.1 Å². The van der Waals surface area contributed by atoms with Crippen molar-refractivity contribution in [3.05, 3.63) is 119 Å². The number of pyridine rings is 1. The lowest BCUT2D eigenvalue weighted by Gasteiger charge is -2.12. The van der Waals surface area contributed by atoms with E-state index < -0.39 is 0 Å². The first-order valence-corrected chi connectivity index (χ1v) is 11.6. The number of fused-ring (bicyclic) bond motifs is 1. The molecule has 0 fully saturated rings. The van der Waals surface area contributed by atoms with E-state index in [0.29, 0.717) is 17.0 Å². The van der Waals surface area contributed by atoms with Crippen LogP contribution in [0.4, 0.5) is 5.69 Å². The molecule has 1 heterocycles. The zero-order chi connectivity index (χ0) is 24.4. The number of carbonyl (C=O) groups excluding carboxylic acids is 1. The van der Waals surface area contributed by atoms with Crippen molar-refractivity contribution in [1.29, 1.82) is 0 Å². The Bertz CT molecular complexity index is 1520. The molecule has 1 N–H and O–H groups in total. The van der Waals surface area contributed by atoms with Crippen LogP contribution in [0.1, 0.15) is 27.0 Å². The summed E-state index contributed by atoms with van der Waals surface area (Å²) in [7, 11) is 0. The maximum Gasteiger partial charge on any atom is 0.256 e. The lowest BCUT2D eigenvalue weighted by Crippen LogP contribution is -2.13. The molecule has 0 saturated heterocycles. The third-order valence-electron chi connectivity index (χ3n) is 5.89. The molecule has 0 saturated carbocycles. The Hall–Kier alpha value is -4.44. The Morgan fingerprint density at radius 1 is 0.714 bits per heavy atom. The number of ether oxygens (including phenoxy) is 1. The van der Waals surface area contributed by atoms with Crippen molar-refractivity contribution >= 4 is 22.5 Å². The standard InChI is InChI=1S/C31H26N2O2/c1-20-7-10-23(11-8-20)30-19-28(27-18-22(3)9-16-29(27)33-30)31(34)32-24-12-14-25(15-13-24)35-26-6-4-5-21(2)17-26/h4-19H,1-3H3,(H,32,34). The summed E-state index contributed by atoms with van der Waals surface area (Å²) >= 11 is 0. The van der Waals surface area contributed by atoms with E-state index in [1.54, 1.807) is 0 Å². The maximum absolute atomic E-state index is 13.4. The highest BCUT2D eigenvalue weighted by atomic mass is 16.5. The van der Waals surface area contributed by atoms with Gasteiger partial charge in [-0.3, -0.25) is 4.79 Å². The molecule has 0 aliphatic heterocycles. The molecule has 4 aromatic carbocycles.